The van der Waals surface area contributed by atoms with Crippen molar-refractivity contribution in [2.45, 2.75) is 26.4 Å². The van der Waals surface area contributed by atoms with Crippen LogP contribution in [0.5, 0.6) is 5.75 Å². The Balaban J connectivity index is 2.59. The van der Waals surface area contributed by atoms with Gasteiger partial charge in [-0.25, -0.2) is 4.79 Å². The zero-order valence-electron chi connectivity index (χ0n) is 9.15. The Morgan fingerprint density at radius 3 is 2.88 bits per heavy atom. The van der Waals surface area contributed by atoms with E-state index in [0.29, 0.717) is 11.5 Å². The third kappa shape index (κ3) is 1.78. The van der Waals surface area contributed by atoms with Gasteiger partial charge < -0.3 is 9.15 Å². The van der Waals surface area contributed by atoms with Gasteiger partial charge in [0.15, 0.2) is 5.78 Å². The fraction of sp³-hybridized carbons (Fsp3) is 0.333. The van der Waals surface area contributed by atoms with Gasteiger partial charge in [0, 0.05) is 12.5 Å². The first-order valence-corrected chi connectivity index (χ1v) is 5.12. The van der Waals surface area contributed by atoms with E-state index in [1.54, 1.807) is 25.1 Å². The van der Waals surface area contributed by atoms with E-state index in [4.69, 9.17) is 9.15 Å². The molecule has 0 amide bonds. The summed E-state index contributed by atoms with van der Waals surface area (Å²) in [6.45, 7) is 3.61. The van der Waals surface area contributed by atoms with E-state index in [-0.39, 0.29) is 23.9 Å². The van der Waals surface area contributed by atoms with Gasteiger partial charge in [0.25, 0.3) is 0 Å². The first-order chi connectivity index (χ1) is 7.61. The van der Waals surface area contributed by atoms with Crippen LogP contribution in [-0.4, -0.2) is 11.9 Å². The standard InChI is InChI=1S/C12H12O4/c1-3-4-8-6-10-11(12(14)16-8)9(13)5-7(2)15-10/h3-4,6-7H,5H2,1-2H3/b4-3+. The number of rotatable bonds is 1. The molecule has 1 aliphatic rings. The topological polar surface area (TPSA) is 56.5 Å². The second kappa shape index (κ2) is 3.96. The van der Waals surface area contributed by atoms with Gasteiger partial charge in [-0.2, -0.15) is 0 Å². The van der Waals surface area contributed by atoms with Crippen molar-refractivity contribution in [3.05, 3.63) is 33.9 Å². The van der Waals surface area contributed by atoms with Gasteiger partial charge in [-0.05, 0) is 19.9 Å². The molecule has 0 aromatic carbocycles. The van der Waals surface area contributed by atoms with Crippen molar-refractivity contribution in [1.29, 1.82) is 0 Å². The molecule has 1 atom stereocenters. The molecule has 0 bridgehead atoms. The molecule has 1 unspecified atom stereocenters. The molecule has 1 aromatic heterocycles. The van der Waals surface area contributed by atoms with Crippen molar-refractivity contribution < 1.29 is 13.9 Å². The quantitative estimate of drug-likeness (QED) is 0.726. The maximum atomic E-state index is 11.6. The molecule has 1 aromatic rings. The molecule has 2 heterocycles. The number of carbonyl (C=O) groups is 1. The molecule has 0 saturated heterocycles. The monoisotopic (exact) mass is 220 g/mol. The molecule has 16 heavy (non-hydrogen) atoms. The highest BCUT2D eigenvalue weighted by molar-refractivity contribution is 5.99. The Bertz CT molecular complexity index is 510. The summed E-state index contributed by atoms with van der Waals surface area (Å²) in [7, 11) is 0. The molecule has 0 saturated carbocycles. The van der Waals surface area contributed by atoms with E-state index in [2.05, 4.69) is 0 Å². The maximum absolute atomic E-state index is 11.6. The number of allylic oxidation sites excluding steroid dienone is 1. The Morgan fingerprint density at radius 2 is 2.19 bits per heavy atom. The molecule has 0 radical (unpaired) electrons. The summed E-state index contributed by atoms with van der Waals surface area (Å²) in [4.78, 5) is 23.2. The van der Waals surface area contributed by atoms with Crippen LogP contribution >= 0.6 is 0 Å². The highest BCUT2D eigenvalue weighted by Crippen LogP contribution is 2.26. The van der Waals surface area contributed by atoms with E-state index in [0.717, 1.165) is 0 Å². The molecule has 4 heteroatoms. The summed E-state index contributed by atoms with van der Waals surface area (Å²) < 4.78 is 10.4. The highest BCUT2D eigenvalue weighted by Gasteiger charge is 2.27. The van der Waals surface area contributed by atoms with Gasteiger partial charge >= 0.3 is 5.63 Å². The van der Waals surface area contributed by atoms with Crippen molar-refractivity contribution in [3.8, 4) is 5.75 Å². The lowest BCUT2D eigenvalue weighted by atomic mass is 10.0. The normalized spacial score (nSPS) is 19.6. The van der Waals surface area contributed by atoms with Crippen LogP contribution in [0, 0.1) is 0 Å². The first-order valence-electron chi connectivity index (χ1n) is 5.12. The number of hydrogen-bond donors (Lipinski definition) is 0. The minimum Gasteiger partial charge on any atom is -0.489 e. The summed E-state index contributed by atoms with van der Waals surface area (Å²) in [5.41, 5.74) is -0.589. The van der Waals surface area contributed by atoms with Crippen LogP contribution in [0.4, 0.5) is 0 Å². The summed E-state index contributed by atoms with van der Waals surface area (Å²) >= 11 is 0. The third-order valence-corrected chi connectivity index (χ3v) is 2.35. The zero-order chi connectivity index (χ0) is 11.7. The van der Waals surface area contributed by atoms with Crippen LogP contribution in [-0.2, 0) is 0 Å². The highest BCUT2D eigenvalue weighted by atomic mass is 16.5. The van der Waals surface area contributed by atoms with Crippen molar-refractivity contribution in [3.63, 3.8) is 0 Å². The molecular formula is C12H12O4. The minimum atomic E-state index is -0.623. The molecule has 2 rings (SSSR count). The SMILES string of the molecule is C/C=C/c1cc2c(c(=O)o1)C(=O)CC(C)O2. The fourth-order valence-electron chi connectivity index (χ4n) is 1.70. The van der Waals surface area contributed by atoms with Crippen LogP contribution in [0.1, 0.15) is 36.4 Å². The van der Waals surface area contributed by atoms with Crippen LogP contribution in [0.3, 0.4) is 0 Å². The second-order valence-electron chi connectivity index (χ2n) is 3.73. The summed E-state index contributed by atoms with van der Waals surface area (Å²) in [6, 6.07) is 1.57. The molecular weight excluding hydrogens is 208 g/mol. The van der Waals surface area contributed by atoms with E-state index >= 15 is 0 Å². The number of hydrogen-bond acceptors (Lipinski definition) is 4. The van der Waals surface area contributed by atoms with Crippen LogP contribution < -0.4 is 10.4 Å². The van der Waals surface area contributed by atoms with Gasteiger partial charge in [-0.3, -0.25) is 4.79 Å². The number of Topliss-reactive ketones (excluding diaryl/α,β-unsaturated/α-hetero) is 1. The average molecular weight is 220 g/mol. The molecule has 84 valence electrons. The second-order valence-corrected chi connectivity index (χ2v) is 3.73. The van der Waals surface area contributed by atoms with Crippen molar-refractivity contribution in [2.75, 3.05) is 0 Å². The summed E-state index contributed by atoms with van der Waals surface area (Å²) in [6.07, 6.45) is 3.43. The zero-order valence-corrected chi connectivity index (χ0v) is 9.15. The van der Waals surface area contributed by atoms with E-state index < -0.39 is 5.63 Å². The summed E-state index contributed by atoms with van der Waals surface area (Å²) in [5.74, 6) is 0.510. The van der Waals surface area contributed by atoms with Crippen LogP contribution in [0.15, 0.2) is 21.4 Å². The number of carbonyl (C=O) groups excluding carboxylic acids is 1. The predicted molar refractivity (Wildman–Crippen MR) is 58.7 cm³/mol. The Labute approximate surface area is 92.5 Å². The van der Waals surface area contributed by atoms with Gasteiger partial charge in [0.1, 0.15) is 23.2 Å². The first kappa shape index (κ1) is 10.7. The lowest BCUT2D eigenvalue weighted by Gasteiger charge is -2.20. The molecule has 0 aliphatic carbocycles. The molecule has 1 aliphatic heterocycles. The fourth-order valence-corrected chi connectivity index (χ4v) is 1.70. The van der Waals surface area contributed by atoms with Gasteiger partial charge in [-0.15, -0.1) is 0 Å². The molecule has 0 N–H and O–H groups in total. The lowest BCUT2D eigenvalue weighted by molar-refractivity contribution is 0.0862. The van der Waals surface area contributed by atoms with E-state index in [9.17, 15) is 9.59 Å². The number of ketones is 1. The third-order valence-electron chi connectivity index (χ3n) is 2.35. The van der Waals surface area contributed by atoms with Gasteiger partial charge in [0.05, 0.1) is 0 Å². The van der Waals surface area contributed by atoms with Gasteiger partial charge in [-0.1, -0.05) is 6.08 Å². The number of ether oxygens (including phenoxy) is 1. The maximum Gasteiger partial charge on any atom is 0.351 e. The molecule has 0 spiro atoms. The average Bonchev–Trinajstić information content (AvgIpc) is 2.15. The van der Waals surface area contributed by atoms with Crippen molar-refractivity contribution in [2.24, 2.45) is 0 Å². The molecule has 4 nitrogen and oxygen atoms in total. The minimum absolute atomic E-state index is 0.0337. The van der Waals surface area contributed by atoms with Crippen molar-refractivity contribution >= 4 is 11.9 Å². The van der Waals surface area contributed by atoms with Crippen LogP contribution in [0.25, 0.3) is 6.08 Å². The smallest absolute Gasteiger partial charge is 0.351 e. The Kier molecular flexibility index (Phi) is 2.64. The van der Waals surface area contributed by atoms with Crippen molar-refractivity contribution in [1.82, 2.24) is 0 Å². The Hall–Kier alpha value is -1.84. The Morgan fingerprint density at radius 1 is 1.44 bits per heavy atom. The van der Waals surface area contributed by atoms with Gasteiger partial charge in [0.2, 0.25) is 0 Å². The number of fused-ring (bicyclic) bond motifs is 1. The summed E-state index contributed by atoms with van der Waals surface area (Å²) in [5, 5.41) is 0. The lowest BCUT2D eigenvalue weighted by Crippen LogP contribution is -2.29. The largest absolute Gasteiger partial charge is 0.489 e. The van der Waals surface area contributed by atoms with E-state index in [1.165, 1.54) is 0 Å². The van der Waals surface area contributed by atoms with E-state index in [1.807, 2.05) is 6.92 Å². The van der Waals surface area contributed by atoms with Crippen LogP contribution in [0.2, 0.25) is 0 Å². The predicted octanol–water partition coefficient (Wildman–Crippen LogP) is 2.03. The molecule has 0 fully saturated rings.